The van der Waals surface area contributed by atoms with Crippen LogP contribution >= 0.6 is 11.6 Å². The van der Waals surface area contributed by atoms with Gasteiger partial charge < -0.3 is 15.5 Å². The average Bonchev–Trinajstić information content (AvgIpc) is 2.34. The third kappa shape index (κ3) is 3.92. The number of carbonyl (C=O) groups excluding carboxylic acids is 1. The van der Waals surface area contributed by atoms with Gasteiger partial charge in [-0.2, -0.15) is 0 Å². The third-order valence-electron chi connectivity index (χ3n) is 2.38. The molecule has 0 aromatic heterocycles. The fourth-order valence-electron chi connectivity index (χ4n) is 1.36. The van der Waals surface area contributed by atoms with E-state index in [1.165, 1.54) is 12.1 Å². The zero-order valence-electron chi connectivity index (χ0n) is 10.3. The van der Waals surface area contributed by atoms with Crippen LogP contribution in [0, 0.1) is 0 Å². The number of benzene rings is 1. The zero-order valence-corrected chi connectivity index (χ0v) is 11.9. The third-order valence-corrected chi connectivity index (χ3v) is 3.96. The summed E-state index contributed by atoms with van der Waals surface area (Å²) in [5.41, 5.74) is -0.0745. The molecular weight excluding hydrogens is 310 g/mol. The van der Waals surface area contributed by atoms with E-state index in [4.69, 9.17) is 21.8 Å². The van der Waals surface area contributed by atoms with Crippen LogP contribution in [0.4, 0.5) is 0 Å². The highest BCUT2D eigenvalue weighted by atomic mass is 35.5. The first-order chi connectivity index (χ1) is 9.16. The van der Waals surface area contributed by atoms with Crippen LogP contribution in [-0.4, -0.2) is 49.4 Å². The number of carboxylic acid groups (broad SMARTS) is 1. The van der Waals surface area contributed by atoms with Gasteiger partial charge in [0.2, 0.25) is 0 Å². The molecule has 0 spiro atoms. The number of carboxylic acids is 1. The minimum absolute atomic E-state index is 0.0407. The van der Waals surface area contributed by atoms with Crippen LogP contribution < -0.4 is 5.32 Å². The summed E-state index contributed by atoms with van der Waals surface area (Å²) < 4.78 is 22.9. The Morgan fingerprint density at radius 2 is 2.00 bits per heavy atom. The smallest absolute Gasteiger partial charge is 0.328 e. The molecule has 0 aliphatic carbocycles. The van der Waals surface area contributed by atoms with Gasteiger partial charge in [-0.1, -0.05) is 11.6 Å². The lowest BCUT2D eigenvalue weighted by Gasteiger charge is -2.12. The molecule has 0 fully saturated rings. The summed E-state index contributed by atoms with van der Waals surface area (Å²) in [6, 6.07) is 2.05. The molecule has 0 bridgehead atoms. The van der Waals surface area contributed by atoms with Crippen LogP contribution in [0.3, 0.4) is 0 Å². The van der Waals surface area contributed by atoms with Crippen molar-refractivity contribution < 1.29 is 28.2 Å². The van der Waals surface area contributed by atoms with Gasteiger partial charge in [-0.05, 0) is 18.2 Å². The first kappa shape index (κ1) is 16.4. The summed E-state index contributed by atoms with van der Waals surface area (Å²) in [4.78, 5) is 22.2. The van der Waals surface area contributed by atoms with Gasteiger partial charge >= 0.3 is 5.97 Å². The van der Waals surface area contributed by atoms with Crippen LogP contribution in [0.2, 0.25) is 5.02 Å². The van der Waals surface area contributed by atoms with E-state index in [-0.39, 0.29) is 15.5 Å². The van der Waals surface area contributed by atoms with E-state index in [9.17, 15) is 18.0 Å². The monoisotopic (exact) mass is 321 g/mol. The Balaban J connectivity index is 3.09. The van der Waals surface area contributed by atoms with Crippen molar-refractivity contribution in [2.45, 2.75) is 10.9 Å². The maximum Gasteiger partial charge on any atom is 0.328 e. The highest BCUT2D eigenvalue weighted by molar-refractivity contribution is 7.90. The lowest BCUT2D eigenvalue weighted by molar-refractivity contribution is -0.140. The molecule has 3 N–H and O–H groups in total. The van der Waals surface area contributed by atoms with Crippen LogP contribution in [0.15, 0.2) is 23.1 Å². The molecule has 1 aromatic carbocycles. The van der Waals surface area contributed by atoms with Crippen LogP contribution in [-0.2, 0) is 14.6 Å². The van der Waals surface area contributed by atoms with Crippen molar-refractivity contribution in [1.29, 1.82) is 0 Å². The van der Waals surface area contributed by atoms with Crippen molar-refractivity contribution >= 4 is 33.3 Å². The number of hydrogen-bond acceptors (Lipinski definition) is 5. The second-order valence-electron chi connectivity index (χ2n) is 3.96. The number of carbonyl (C=O) groups is 2. The molecule has 0 heterocycles. The number of sulfone groups is 1. The fourth-order valence-corrected chi connectivity index (χ4v) is 2.66. The molecule has 0 saturated carbocycles. The van der Waals surface area contributed by atoms with Crippen molar-refractivity contribution in [1.82, 2.24) is 5.32 Å². The summed E-state index contributed by atoms with van der Waals surface area (Å²) in [5.74, 6) is -2.23. The van der Waals surface area contributed by atoms with Gasteiger partial charge in [0, 0.05) is 11.8 Å². The van der Waals surface area contributed by atoms with Crippen molar-refractivity contribution in [3.8, 4) is 0 Å². The van der Waals surface area contributed by atoms with Crippen molar-refractivity contribution in [3.63, 3.8) is 0 Å². The number of hydrogen-bond donors (Lipinski definition) is 3. The predicted molar refractivity (Wildman–Crippen MR) is 70.5 cm³/mol. The van der Waals surface area contributed by atoms with Gasteiger partial charge in [0.1, 0.15) is 0 Å². The van der Waals surface area contributed by atoms with Gasteiger partial charge in [0.15, 0.2) is 15.9 Å². The number of rotatable bonds is 5. The maximum atomic E-state index is 11.8. The SMILES string of the molecule is CS(=O)(=O)c1cc(C(=O)N[C@H](CO)C(=O)O)ccc1Cl. The molecular formula is C11H12ClNO6S. The zero-order chi connectivity index (χ0) is 15.5. The summed E-state index contributed by atoms with van der Waals surface area (Å²) >= 11 is 5.72. The maximum absolute atomic E-state index is 11.8. The highest BCUT2D eigenvalue weighted by Gasteiger charge is 2.21. The number of aliphatic carboxylic acids is 1. The standard InChI is InChI=1S/C11H12ClNO6S/c1-20(18,19)9-4-6(2-3-7(9)12)10(15)13-8(5-14)11(16)17/h2-4,8,14H,5H2,1H3,(H,13,15)(H,16,17)/t8-/m1/s1. The Hall–Kier alpha value is -1.64. The average molecular weight is 322 g/mol. The molecule has 0 unspecified atom stereocenters. The van der Waals surface area contributed by atoms with E-state index in [1.54, 1.807) is 0 Å². The Morgan fingerprint density at radius 1 is 1.40 bits per heavy atom. The van der Waals surface area contributed by atoms with Gasteiger partial charge in [-0.15, -0.1) is 0 Å². The van der Waals surface area contributed by atoms with Gasteiger partial charge in [-0.25, -0.2) is 13.2 Å². The lowest BCUT2D eigenvalue weighted by Crippen LogP contribution is -2.43. The number of aliphatic hydroxyl groups is 1. The largest absolute Gasteiger partial charge is 0.480 e. The van der Waals surface area contributed by atoms with Crippen LogP contribution in [0.5, 0.6) is 0 Å². The Morgan fingerprint density at radius 3 is 2.45 bits per heavy atom. The predicted octanol–water partition coefficient (Wildman–Crippen LogP) is -0.0812. The van der Waals surface area contributed by atoms with Gasteiger partial charge in [0.25, 0.3) is 5.91 Å². The molecule has 0 saturated heterocycles. The normalized spacial score (nSPS) is 12.8. The number of nitrogens with one attached hydrogen (secondary N) is 1. The Labute approximate surface area is 120 Å². The second-order valence-corrected chi connectivity index (χ2v) is 6.36. The number of aliphatic hydroxyl groups excluding tert-OH is 1. The van der Waals surface area contributed by atoms with E-state index < -0.39 is 34.4 Å². The Bertz CT molecular complexity index is 642. The molecule has 7 nitrogen and oxygen atoms in total. The second kappa shape index (κ2) is 6.21. The topological polar surface area (TPSA) is 121 Å². The summed E-state index contributed by atoms with van der Waals surface area (Å²) in [7, 11) is -3.62. The van der Waals surface area contributed by atoms with E-state index in [1.807, 2.05) is 0 Å². The molecule has 0 radical (unpaired) electrons. The van der Waals surface area contributed by atoms with Crippen molar-refractivity contribution in [2.24, 2.45) is 0 Å². The highest BCUT2D eigenvalue weighted by Crippen LogP contribution is 2.22. The van der Waals surface area contributed by atoms with Crippen molar-refractivity contribution in [2.75, 3.05) is 12.9 Å². The van der Waals surface area contributed by atoms with Crippen LogP contribution in [0.25, 0.3) is 0 Å². The molecule has 1 atom stereocenters. The number of amides is 1. The molecule has 1 rings (SSSR count). The lowest BCUT2D eigenvalue weighted by atomic mass is 10.2. The van der Waals surface area contributed by atoms with Crippen LogP contribution in [0.1, 0.15) is 10.4 Å². The number of halogens is 1. The molecule has 0 aliphatic rings. The quantitative estimate of drug-likeness (QED) is 0.697. The minimum atomic E-state index is -3.62. The van der Waals surface area contributed by atoms with E-state index >= 15 is 0 Å². The summed E-state index contributed by atoms with van der Waals surface area (Å²) in [5, 5.41) is 19.5. The Kier molecular flexibility index (Phi) is 5.09. The van der Waals surface area contributed by atoms with Gasteiger partial charge in [0.05, 0.1) is 16.5 Å². The van der Waals surface area contributed by atoms with E-state index in [2.05, 4.69) is 5.32 Å². The van der Waals surface area contributed by atoms with Crippen molar-refractivity contribution in [3.05, 3.63) is 28.8 Å². The summed E-state index contributed by atoms with van der Waals surface area (Å²) in [6.45, 7) is -0.784. The minimum Gasteiger partial charge on any atom is -0.480 e. The first-order valence-electron chi connectivity index (χ1n) is 5.31. The first-order valence-corrected chi connectivity index (χ1v) is 7.58. The van der Waals surface area contributed by atoms with E-state index in [0.717, 1.165) is 12.3 Å². The summed E-state index contributed by atoms with van der Waals surface area (Å²) in [6.07, 6.45) is 0.934. The fraction of sp³-hybridized carbons (Fsp3) is 0.273. The molecule has 20 heavy (non-hydrogen) atoms. The molecule has 9 heteroatoms. The van der Waals surface area contributed by atoms with Gasteiger partial charge in [-0.3, -0.25) is 4.79 Å². The molecule has 1 aromatic rings. The molecule has 110 valence electrons. The molecule has 0 aliphatic heterocycles. The molecule has 1 amide bonds. The van der Waals surface area contributed by atoms with E-state index in [0.29, 0.717) is 0 Å².